The van der Waals surface area contributed by atoms with E-state index >= 15 is 0 Å². The van der Waals surface area contributed by atoms with Gasteiger partial charge in [0.05, 0.1) is 7.11 Å². The third kappa shape index (κ3) is 3.66. The summed E-state index contributed by atoms with van der Waals surface area (Å²) in [5, 5.41) is 0.863. The van der Waals surface area contributed by atoms with E-state index in [0.29, 0.717) is 5.56 Å². The second-order valence-electron chi connectivity index (χ2n) is 6.22. The minimum atomic E-state index is -1.92. The summed E-state index contributed by atoms with van der Waals surface area (Å²) in [7, 11) is 1.17. The molecule has 0 fully saturated rings. The Bertz CT molecular complexity index is 1020. The Morgan fingerprint density at radius 2 is 1.89 bits per heavy atom. The van der Waals surface area contributed by atoms with Gasteiger partial charge in [-0.1, -0.05) is 36.4 Å². The van der Waals surface area contributed by atoms with Crippen molar-refractivity contribution in [2.75, 3.05) is 7.11 Å². The highest BCUT2D eigenvalue weighted by atomic mass is 19.1. The van der Waals surface area contributed by atoms with Crippen molar-refractivity contribution in [2.45, 2.75) is 12.0 Å². The molecule has 0 aliphatic carbocycles. The number of H-pyrrole nitrogens is 1. The average Bonchev–Trinajstić information content (AvgIpc) is 3.09. The predicted molar refractivity (Wildman–Crippen MR) is 101 cm³/mol. The fourth-order valence-electron chi connectivity index (χ4n) is 2.94. The zero-order valence-corrected chi connectivity index (χ0v) is 14.7. The molecule has 1 heterocycles. The Hall–Kier alpha value is -3.25. The number of aromatic amines is 1. The molecule has 3 rings (SSSR count). The number of fused-ring (bicyclic) bond motifs is 1. The van der Waals surface area contributed by atoms with Gasteiger partial charge in [-0.3, -0.25) is 4.79 Å². The molecule has 0 saturated heterocycles. The number of hydrogen-bond donors (Lipinski definition) is 2. The van der Waals surface area contributed by atoms with Crippen LogP contribution in [-0.4, -0.2) is 29.4 Å². The normalized spacial score (nSPS) is 13.6. The van der Waals surface area contributed by atoms with Crippen LogP contribution in [0.3, 0.4) is 0 Å². The number of carbonyl (C=O) groups excluding carboxylic acids is 2. The van der Waals surface area contributed by atoms with Crippen LogP contribution in [0, 0.1) is 5.82 Å². The zero-order valence-electron chi connectivity index (χ0n) is 14.7. The second kappa shape index (κ2) is 7.55. The molecule has 0 bridgehead atoms. The maximum Gasteiger partial charge on any atom is 0.334 e. The number of methoxy groups -OCH3 is 1. The molecular weight excluding hydrogens is 347 g/mol. The molecule has 3 aromatic rings. The summed E-state index contributed by atoms with van der Waals surface area (Å²) in [5.74, 6) is -1.99. The van der Waals surface area contributed by atoms with Crippen LogP contribution in [-0.2, 0) is 20.7 Å². The van der Waals surface area contributed by atoms with Crippen LogP contribution in [0.5, 0.6) is 0 Å². The fourth-order valence-corrected chi connectivity index (χ4v) is 2.94. The van der Waals surface area contributed by atoms with Gasteiger partial charge < -0.3 is 15.5 Å². The van der Waals surface area contributed by atoms with E-state index in [1.807, 2.05) is 24.3 Å². The van der Waals surface area contributed by atoms with Crippen LogP contribution < -0.4 is 5.73 Å². The number of hydrogen-bond acceptors (Lipinski definition) is 4. The molecule has 2 aromatic carbocycles. The molecule has 0 radical (unpaired) electrons. The quantitative estimate of drug-likeness (QED) is 0.399. The molecule has 0 amide bonds. The van der Waals surface area contributed by atoms with Crippen LogP contribution in [0.4, 0.5) is 4.39 Å². The first kappa shape index (κ1) is 18.5. The molecule has 1 atom stereocenters. The maximum absolute atomic E-state index is 13.8. The van der Waals surface area contributed by atoms with E-state index < -0.39 is 23.1 Å². The standard InChI is InChI=1S/C21H19FN2O3/c1-27-20(26)21(23,12-15-13-24-18-9-5-3-7-16(15)18)19(25)11-10-14-6-2-4-8-17(14)22/h2-11,13,24H,12,23H2,1H3/t21-/m0/s1. The number of esters is 1. The lowest BCUT2D eigenvalue weighted by Crippen LogP contribution is -2.56. The van der Waals surface area contributed by atoms with Crippen LogP contribution in [0.25, 0.3) is 17.0 Å². The van der Waals surface area contributed by atoms with Crippen molar-refractivity contribution in [3.05, 3.63) is 77.7 Å². The van der Waals surface area contributed by atoms with Gasteiger partial charge in [0.15, 0.2) is 11.3 Å². The summed E-state index contributed by atoms with van der Waals surface area (Å²) in [5.41, 5.74) is 6.09. The van der Waals surface area contributed by atoms with E-state index in [-0.39, 0.29) is 12.0 Å². The number of rotatable bonds is 6. The number of halogens is 1. The minimum absolute atomic E-state index is 0.0515. The molecule has 5 nitrogen and oxygen atoms in total. The number of nitrogens with one attached hydrogen (secondary N) is 1. The highest BCUT2D eigenvalue weighted by molar-refractivity contribution is 6.15. The first-order valence-corrected chi connectivity index (χ1v) is 8.35. The third-order valence-electron chi connectivity index (χ3n) is 4.45. The topological polar surface area (TPSA) is 85.2 Å². The summed E-state index contributed by atoms with van der Waals surface area (Å²) in [4.78, 5) is 28.2. The zero-order chi connectivity index (χ0) is 19.4. The lowest BCUT2D eigenvalue weighted by Gasteiger charge is -2.23. The summed E-state index contributed by atoms with van der Waals surface area (Å²) in [6, 6.07) is 13.5. The molecule has 6 heteroatoms. The Balaban J connectivity index is 1.93. The SMILES string of the molecule is COC(=O)[C@](N)(Cc1c[nH]c2ccccc12)C(=O)C=Cc1ccccc1F. The van der Waals surface area contributed by atoms with Crippen molar-refractivity contribution >= 4 is 28.7 Å². The van der Waals surface area contributed by atoms with E-state index in [4.69, 9.17) is 10.5 Å². The van der Waals surface area contributed by atoms with E-state index in [0.717, 1.165) is 17.0 Å². The second-order valence-corrected chi connectivity index (χ2v) is 6.22. The molecule has 0 saturated carbocycles. The van der Waals surface area contributed by atoms with Crippen LogP contribution in [0.1, 0.15) is 11.1 Å². The smallest absolute Gasteiger partial charge is 0.334 e. The largest absolute Gasteiger partial charge is 0.467 e. The fraction of sp³-hybridized carbons (Fsp3) is 0.143. The summed E-state index contributed by atoms with van der Waals surface area (Å²) in [6.45, 7) is 0. The maximum atomic E-state index is 13.8. The molecule has 0 aliphatic rings. The van der Waals surface area contributed by atoms with Gasteiger partial charge in [-0.25, -0.2) is 9.18 Å². The van der Waals surface area contributed by atoms with Crippen molar-refractivity contribution < 1.29 is 18.7 Å². The molecular formula is C21H19FN2O3. The minimum Gasteiger partial charge on any atom is -0.467 e. The van der Waals surface area contributed by atoms with Crippen molar-refractivity contribution in [2.24, 2.45) is 5.73 Å². The van der Waals surface area contributed by atoms with Crippen molar-refractivity contribution in [3.63, 3.8) is 0 Å². The first-order chi connectivity index (χ1) is 13.0. The Kier molecular flexibility index (Phi) is 5.19. The number of ketones is 1. The molecule has 0 unspecified atom stereocenters. The van der Waals surface area contributed by atoms with Gasteiger partial charge in [-0.15, -0.1) is 0 Å². The Labute approximate surface area is 155 Å². The Morgan fingerprint density at radius 1 is 1.19 bits per heavy atom. The van der Waals surface area contributed by atoms with Crippen LogP contribution >= 0.6 is 0 Å². The van der Waals surface area contributed by atoms with Crippen LogP contribution in [0.2, 0.25) is 0 Å². The number of ether oxygens (including phenoxy) is 1. The number of para-hydroxylation sites is 1. The van der Waals surface area contributed by atoms with Gasteiger partial charge in [0.1, 0.15) is 5.82 Å². The van der Waals surface area contributed by atoms with Crippen molar-refractivity contribution in [3.8, 4) is 0 Å². The molecule has 27 heavy (non-hydrogen) atoms. The van der Waals surface area contributed by atoms with Crippen molar-refractivity contribution in [1.82, 2.24) is 4.98 Å². The number of aromatic nitrogens is 1. The molecule has 0 aliphatic heterocycles. The van der Waals surface area contributed by atoms with Gasteiger partial charge in [-0.2, -0.15) is 0 Å². The molecule has 3 N–H and O–H groups in total. The van der Waals surface area contributed by atoms with E-state index in [1.54, 1.807) is 18.3 Å². The summed E-state index contributed by atoms with van der Waals surface area (Å²) in [6.07, 6.45) is 4.08. The molecule has 0 spiro atoms. The predicted octanol–water partition coefficient (Wildman–Crippen LogP) is 3.00. The highest BCUT2D eigenvalue weighted by Gasteiger charge is 2.42. The van der Waals surface area contributed by atoms with Gasteiger partial charge in [-0.05, 0) is 29.8 Å². The van der Waals surface area contributed by atoms with Crippen molar-refractivity contribution in [1.29, 1.82) is 0 Å². The lowest BCUT2D eigenvalue weighted by atomic mass is 9.87. The monoisotopic (exact) mass is 366 g/mol. The van der Waals surface area contributed by atoms with Gasteiger partial charge in [0.2, 0.25) is 0 Å². The first-order valence-electron chi connectivity index (χ1n) is 8.35. The number of benzene rings is 2. The number of nitrogens with two attached hydrogens (primary N) is 1. The van der Waals surface area contributed by atoms with E-state index in [9.17, 15) is 14.0 Å². The van der Waals surface area contributed by atoms with Crippen LogP contribution in [0.15, 0.2) is 60.8 Å². The highest BCUT2D eigenvalue weighted by Crippen LogP contribution is 2.23. The van der Waals surface area contributed by atoms with E-state index in [2.05, 4.69) is 4.98 Å². The van der Waals surface area contributed by atoms with Gasteiger partial charge in [0.25, 0.3) is 0 Å². The van der Waals surface area contributed by atoms with Gasteiger partial charge >= 0.3 is 5.97 Å². The molecule has 1 aromatic heterocycles. The molecule has 138 valence electrons. The number of carbonyl (C=O) groups is 2. The third-order valence-corrected chi connectivity index (χ3v) is 4.45. The summed E-state index contributed by atoms with van der Waals surface area (Å²) >= 11 is 0. The summed E-state index contributed by atoms with van der Waals surface area (Å²) < 4.78 is 18.5. The lowest BCUT2D eigenvalue weighted by molar-refractivity contribution is -0.150. The average molecular weight is 366 g/mol. The Morgan fingerprint density at radius 3 is 2.63 bits per heavy atom. The van der Waals surface area contributed by atoms with Gasteiger partial charge in [0, 0.05) is 29.1 Å². The van der Waals surface area contributed by atoms with E-state index in [1.165, 1.54) is 25.3 Å².